The molecule has 0 N–H and O–H groups in total. The van der Waals surface area contributed by atoms with Crippen molar-refractivity contribution in [3.8, 4) is 11.8 Å². The third-order valence-electron chi connectivity index (χ3n) is 2.17. The lowest BCUT2D eigenvalue weighted by Crippen LogP contribution is -1.94. The summed E-state index contributed by atoms with van der Waals surface area (Å²) < 4.78 is 6.30. The van der Waals surface area contributed by atoms with E-state index in [0.29, 0.717) is 11.3 Å². The van der Waals surface area contributed by atoms with Crippen LogP contribution in [0.5, 0.6) is 11.8 Å². The van der Waals surface area contributed by atoms with Gasteiger partial charge in [0.1, 0.15) is 5.75 Å². The van der Waals surface area contributed by atoms with Crippen LogP contribution >= 0.6 is 22.6 Å². The van der Waals surface area contributed by atoms with Gasteiger partial charge in [-0.2, -0.15) is 0 Å². The first-order valence-electron chi connectivity index (χ1n) is 4.96. The predicted octanol–water partition coefficient (Wildman–Crippen LogP) is 3.09. The van der Waals surface area contributed by atoms with Crippen LogP contribution in [-0.2, 0) is 0 Å². The van der Waals surface area contributed by atoms with Crippen LogP contribution in [0, 0.1) is 20.6 Å². The van der Waals surface area contributed by atoms with Gasteiger partial charge in [-0.05, 0) is 41.6 Å². The minimum atomic E-state index is -0.430. The highest BCUT2D eigenvalue weighted by atomic mass is 127. The van der Waals surface area contributed by atoms with E-state index in [-0.39, 0.29) is 11.7 Å². The van der Waals surface area contributed by atoms with Gasteiger partial charge in [0.2, 0.25) is 0 Å². The lowest BCUT2D eigenvalue weighted by atomic mass is 10.2. The normalized spacial score (nSPS) is 10.1. The van der Waals surface area contributed by atoms with E-state index in [4.69, 9.17) is 4.74 Å². The highest BCUT2D eigenvalue weighted by Crippen LogP contribution is 2.25. The van der Waals surface area contributed by atoms with E-state index >= 15 is 0 Å². The number of aryl methyl sites for hydroxylation is 1. The Hall–Kier alpha value is -1.77. The Bertz CT molecular complexity index is 587. The number of halogens is 1. The van der Waals surface area contributed by atoms with Crippen LogP contribution in [0.3, 0.4) is 0 Å². The van der Waals surface area contributed by atoms with Crippen molar-refractivity contribution in [2.24, 2.45) is 0 Å². The highest BCUT2D eigenvalue weighted by molar-refractivity contribution is 14.1. The van der Waals surface area contributed by atoms with Crippen molar-refractivity contribution in [3.63, 3.8) is 0 Å². The van der Waals surface area contributed by atoms with Gasteiger partial charge < -0.3 is 4.74 Å². The molecule has 0 saturated carbocycles. The molecule has 0 fully saturated rings. The molecule has 0 amide bonds. The number of ether oxygens (including phenoxy) is 1. The van der Waals surface area contributed by atoms with E-state index < -0.39 is 4.92 Å². The van der Waals surface area contributed by atoms with Crippen molar-refractivity contribution >= 4 is 28.3 Å². The number of hydrogen-bond donors (Lipinski definition) is 0. The zero-order valence-corrected chi connectivity index (χ0v) is 11.5. The SMILES string of the molecule is Cc1cc(Oc2ncc(I)cn2)ccc1[N+](=O)[O-]. The Balaban J connectivity index is 2.22. The molecule has 0 aliphatic rings. The molecule has 1 aromatic heterocycles. The molecule has 0 radical (unpaired) electrons. The fourth-order valence-corrected chi connectivity index (χ4v) is 1.63. The van der Waals surface area contributed by atoms with Crippen molar-refractivity contribution in [1.29, 1.82) is 0 Å². The predicted molar refractivity (Wildman–Crippen MR) is 72.7 cm³/mol. The van der Waals surface area contributed by atoms with Crippen LogP contribution in [0.25, 0.3) is 0 Å². The number of aromatic nitrogens is 2. The van der Waals surface area contributed by atoms with Gasteiger partial charge in [-0.15, -0.1) is 0 Å². The summed E-state index contributed by atoms with van der Waals surface area (Å²) in [6.07, 6.45) is 3.25. The first kappa shape index (κ1) is 12.7. The van der Waals surface area contributed by atoms with Gasteiger partial charge in [-0.1, -0.05) is 0 Å². The van der Waals surface area contributed by atoms with Gasteiger partial charge in [-0.25, -0.2) is 9.97 Å². The van der Waals surface area contributed by atoms with Gasteiger partial charge in [0.15, 0.2) is 0 Å². The maximum atomic E-state index is 10.7. The Kier molecular flexibility index (Phi) is 3.70. The Morgan fingerprint density at radius 1 is 1.33 bits per heavy atom. The Morgan fingerprint density at radius 2 is 2.00 bits per heavy atom. The number of rotatable bonds is 3. The van der Waals surface area contributed by atoms with Crippen molar-refractivity contribution in [2.45, 2.75) is 6.92 Å². The molecule has 0 saturated heterocycles. The monoisotopic (exact) mass is 357 g/mol. The minimum Gasteiger partial charge on any atom is -0.424 e. The van der Waals surface area contributed by atoms with Gasteiger partial charge >= 0.3 is 6.01 Å². The van der Waals surface area contributed by atoms with E-state index in [2.05, 4.69) is 32.6 Å². The first-order valence-corrected chi connectivity index (χ1v) is 6.04. The molecule has 18 heavy (non-hydrogen) atoms. The number of nitro benzene ring substituents is 1. The van der Waals surface area contributed by atoms with Crippen LogP contribution < -0.4 is 4.74 Å². The topological polar surface area (TPSA) is 78.2 Å². The molecule has 6 nitrogen and oxygen atoms in total. The smallest absolute Gasteiger partial charge is 0.321 e. The van der Waals surface area contributed by atoms with Gasteiger partial charge in [-0.3, -0.25) is 10.1 Å². The molecule has 2 rings (SSSR count). The number of benzene rings is 1. The highest BCUT2D eigenvalue weighted by Gasteiger charge is 2.11. The lowest BCUT2D eigenvalue weighted by molar-refractivity contribution is -0.385. The molecule has 0 spiro atoms. The van der Waals surface area contributed by atoms with Gasteiger partial charge in [0.05, 0.1) is 4.92 Å². The van der Waals surface area contributed by atoms with Gasteiger partial charge in [0.25, 0.3) is 5.69 Å². The maximum absolute atomic E-state index is 10.7. The molecule has 0 bridgehead atoms. The second kappa shape index (κ2) is 5.25. The molecular weight excluding hydrogens is 349 g/mol. The molecule has 1 aromatic carbocycles. The second-order valence-electron chi connectivity index (χ2n) is 3.49. The summed E-state index contributed by atoms with van der Waals surface area (Å²) in [5, 5.41) is 10.7. The number of nitro groups is 1. The van der Waals surface area contributed by atoms with Crippen molar-refractivity contribution in [1.82, 2.24) is 9.97 Å². The van der Waals surface area contributed by atoms with Crippen LogP contribution in [0.15, 0.2) is 30.6 Å². The molecular formula is C11H8IN3O3. The zero-order chi connectivity index (χ0) is 13.1. The maximum Gasteiger partial charge on any atom is 0.321 e. The second-order valence-corrected chi connectivity index (χ2v) is 4.74. The molecule has 0 aliphatic carbocycles. The third-order valence-corrected chi connectivity index (χ3v) is 2.73. The third kappa shape index (κ3) is 2.92. The van der Waals surface area contributed by atoms with E-state index in [1.807, 2.05) is 0 Å². The molecule has 1 heterocycles. The summed E-state index contributed by atoms with van der Waals surface area (Å²) >= 11 is 2.09. The van der Waals surface area contributed by atoms with Crippen molar-refractivity contribution in [3.05, 3.63) is 49.8 Å². The first-order chi connectivity index (χ1) is 8.56. The molecule has 2 aromatic rings. The molecule has 0 atom stereocenters. The van der Waals surface area contributed by atoms with E-state index in [1.165, 1.54) is 12.1 Å². The fraction of sp³-hybridized carbons (Fsp3) is 0.0909. The minimum absolute atomic E-state index is 0.0610. The fourth-order valence-electron chi connectivity index (χ4n) is 1.35. The summed E-state index contributed by atoms with van der Waals surface area (Å²) in [6.45, 7) is 1.65. The molecule has 0 unspecified atom stereocenters. The van der Waals surface area contributed by atoms with E-state index in [0.717, 1.165) is 3.57 Å². The molecule has 92 valence electrons. The lowest BCUT2D eigenvalue weighted by Gasteiger charge is -2.04. The number of hydrogen-bond acceptors (Lipinski definition) is 5. The average Bonchev–Trinajstić information content (AvgIpc) is 2.32. The standard InChI is InChI=1S/C11H8IN3O3/c1-7-4-9(2-3-10(7)15(16)17)18-11-13-5-8(12)6-14-11/h2-6H,1H3. The molecule has 0 aliphatic heterocycles. The number of nitrogens with zero attached hydrogens (tertiary/aromatic N) is 3. The summed E-state index contributed by atoms with van der Waals surface area (Å²) in [5.41, 5.74) is 0.592. The summed E-state index contributed by atoms with van der Waals surface area (Å²) in [6, 6.07) is 4.71. The largest absolute Gasteiger partial charge is 0.424 e. The van der Waals surface area contributed by atoms with Crippen LogP contribution in [0.4, 0.5) is 5.69 Å². The summed E-state index contributed by atoms with van der Waals surface area (Å²) in [7, 11) is 0. The van der Waals surface area contributed by atoms with Crippen LogP contribution in [0.2, 0.25) is 0 Å². The Labute approximate surface area is 116 Å². The molecule has 7 heteroatoms. The van der Waals surface area contributed by atoms with Crippen LogP contribution in [0.1, 0.15) is 5.56 Å². The van der Waals surface area contributed by atoms with E-state index in [9.17, 15) is 10.1 Å². The van der Waals surface area contributed by atoms with Crippen molar-refractivity contribution < 1.29 is 9.66 Å². The van der Waals surface area contributed by atoms with Crippen molar-refractivity contribution in [2.75, 3.05) is 0 Å². The average molecular weight is 357 g/mol. The van der Waals surface area contributed by atoms with E-state index in [1.54, 1.807) is 25.4 Å². The van der Waals surface area contributed by atoms with Crippen LogP contribution in [-0.4, -0.2) is 14.9 Å². The van der Waals surface area contributed by atoms with Gasteiger partial charge in [0, 0.05) is 27.6 Å². The quantitative estimate of drug-likeness (QED) is 0.479. The summed E-state index contributed by atoms with van der Waals surface area (Å²) in [5.74, 6) is 0.472. The Morgan fingerprint density at radius 3 is 2.56 bits per heavy atom. The summed E-state index contributed by atoms with van der Waals surface area (Å²) in [4.78, 5) is 18.2. The zero-order valence-electron chi connectivity index (χ0n) is 9.33.